The van der Waals surface area contributed by atoms with Gasteiger partial charge in [-0.3, -0.25) is 14.9 Å². The highest BCUT2D eigenvalue weighted by Gasteiger charge is 2.30. The maximum absolute atomic E-state index is 12.2. The highest BCUT2D eigenvalue weighted by Crippen LogP contribution is 2.36. The van der Waals surface area contributed by atoms with Crippen molar-refractivity contribution in [3.8, 4) is 0 Å². The van der Waals surface area contributed by atoms with E-state index in [1.807, 2.05) is 12.1 Å². The van der Waals surface area contributed by atoms with Gasteiger partial charge < -0.3 is 4.90 Å². The lowest BCUT2D eigenvalue weighted by Crippen LogP contribution is -2.24. The molecule has 1 fully saturated rings. The molecular formula is C16H14N2O3. The van der Waals surface area contributed by atoms with Crippen molar-refractivity contribution in [3.63, 3.8) is 0 Å². The van der Waals surface area contributed by atoms with Crippen molar-refractivity contribution in [2.75, 3.05) is 11.4 Å². The van der Waals surface area contributed by atoms with Crippen LogP contribution in [0.4, 0.5) is 11.4 Å². The summed E-state index contributed by atoms with van der Waals surface area (Å²) in [7, 11) is 0. The van der Waals surface area contributed by atoms with E-state index in [2.05, 4.69) is 6.58 Å². The summed E-state index contributed by atoms with van der Waals surface area (Å²) in [5, 5.41) is 12.4. The molecule has 5 heteroatoms. The molecule has 2 aromatic rings. The van der Waals surface area contributed by atoms with Crippen LogP contribution in [0.15, 0.2) is 49.1 Å². The summed E-state index contributed by atoms with van der Waals surface area (Å²) in [5.74, 6) is 0.158. The normalized spacial score (nSPS) is 18.2. The average Bonchev–Trinajstić information content (AvgIpc) is 2.87. The Balaban J connectivity index is 2.17. The molecule has 2 aromatic carbocycles. The second kappa shape index (κ2) is 5.01. The minimum atomic E-state index is -0.398. The molecule has 0 spiro atoms. The SMILES string of the molecule is C=CC1CC(=O)N(c2ccc([N+](=O)[O-])c3ccccc23)C1. The molecule has 0 saturated carbocycles. The third kappa shape index (κ3) is 2.16. The summed E-state index contributed by atoms with van der Waals surface area (Å²) in [6.45, 7) is 4.31. The minimum Gasteiger partial charge on any atom is -0.311 e. The van der Waals surface area contributed by atoms with E-state index in [0.29, 0.717) is 18.4 Å². The van der Waals surface area contributed by atoms with E-state index in [4.69, 9.17) is 0 Å². The number of carbonyl (C=O) groups is 1. The molecule has 1 saturated heterocycles. The monoisotopic (exact) mass is 282 g/mol. The molecule has 1 unspecified atom stereocenters. The van der Waals surface area contributed by atoms with Gasteiger partial charge in [0.2, 0.25) is 5.91 Å². The zero-order valence-corrected chi connectivity index (χ0v) is 11.4. The van der Waals surface area contributed by atoms with Crippen molar-refractivity contribution in [2.24, 2.45) is 5.92 Å². The van der Waals surface area contributed by atoms with Crippen LogP contribution in [0.3, 0.4) is 0 Å². The zero-order chi connectivity index (χ0) is 15.0. The van der Waals surface area contributed by atoms with Gasteiger partial charge in [-0.05, 0) is 12.1 Å². The number of non-ortho nitro benzene ring substituents is 1. The molecule has 0 N–H and O–H groups in total. The van der Waals surface area contributed by atoms with Crippen LogP contribution in [-0.2, 0) is 4.79 Å². The third-order valence-corrected chi connectivity index (χ3v) is 3.85. The van der Waals surface area contributed by atoms with Gasteiger partial charge >= 0.3 is 0 Å². The van der Waals surface area contributed by atoms with E-state index in [1.165, 1.54) is 6.07 Å². The summed E-state index contributed by atoms with van der Waals surface area (Å²) in [4.78, 5) is 24.6. The van der Waals surface area contributed by atoms with Gasteiger partial charge in [0.15, 0.2) is 0 Å². The largest absolute Gasteiger partial charge is 0.311 e. The first kappa shape index (κ1) is 13.3. The summed E-state index contributed by atoms with van der Waals surface area (Å²) in [6.07, 6.45) is 2.22. The van der Waals surface area contributed by atoms with Crippen LogP contribution in [0, 0.1) is 16.0 Å². The second-order valence-electron chi connectivity index (χ2n) is 5.11. The fourth-order valence-electron chi connectivity index (χ4n) is 2.79. The van der Waals surface area contributed by atoms with Gasteiger partial charge in [0.05, 0.1) is 16.0 Å². The lowest BCUT2D eigenvalue weighted by Gasteiger charge is -2.18. The van der Waals surface area contributed by atoms with E-state index >= 15 is 0 Å². The zero-order valence-electron chi connectivity index (χ0n) is 11.4. The van der Waals surface area contributed by atoms with Crippen LogP contribution < -0.4 is 4.90 Å². The molecule has 1 aliphatic rings. The topological polar surface area (TPSA) is 63.5 Å². The molecule has 0 aliphatic carbocycles. The molecule has 1 heterocycles. The van der Waals surface area contributed by atoms with Crippen molar-refractivity contribution in [1.82, 2.24) is 0 Å². The summed E-state index contributed by atoms with van der Waals surface area (Å²) in [6, 6.07) is 10.2. The summed E-state index contributed by atoms with van der Waals surface area (Å²) in [5.41, 5.74) is 0.784. The first-order valence-electron chi connectivity index (χ1n) is 6.71. The van der Waals surface area contributed by atoms with Crippen LogP contribution in [0.25, 0.3) is 10.8 Å². The first-order chi connectivity index (χ1) is 10.1. The highest BCUT2D eigenvalue weighted by atomic mass is 16.6. The number of nitrogens with zero attached hydrogens (tertiary/aromatic N) is 2. The molecule has 0 radical (unpaired) electrons. The molecule has 1 atom stereocenters. The predicted octanol–water partition coefficient (Wildman–Crippen LogP) is 3.29. The van der Waals surface area contributed by atoms with Gasteiger partial charge in [0.25, 0.3) is 5.69 Å². The molecule has 0 aromatic heterocycles. The number of carbonyl (C=O) groups excluding carboxylic acids is 1. The van der Waals surface area contributed by atoms with E-state index in [-0.39, 0.29) is 17.5 Å². The van der Waals surface area contributed by atoms with E-state index in [1.54, 1.807) is 29.2 Å². The van der Waals surface area contributed by atoms with Crippen LogP contribution >= 0.6 is 0 Å². The van der Waals surface area contributed by atoms with Crippen molar-refractivity contribution in [3.05, 3.63) is 59.2 Å². The lowest BCUT2D eigenvalue weighted by atomic mass is 10.1. The molecule has 21 heavy (non-hydrogen) atoms. The molecule has 0 bridgehead atoms. The molecule has 106 valence electrons. The van der Waals surface area contributed by atoms with Crippen LogP contribution in [0.5, 0.6) is 0 Å². The van der Waals surface area contributed by atoms with Gasteiger partial charge in [-0.1, -0.05) is 24.3 Å². The Labute approximate surface area is 121 Å². The van der Waals surface area contributed by atoms with Crippen molar-refractivity contribution < 1.29 is 9.72 Å². The summed E-state index contributed by atoms with van der Waals surface area (Å²) >= 11 is 0. The molecule has 5 nitrogen and oxygen atoms in total. The van der Waals surface area contributed by atoms with Crippen LogP contribution in [0.1, 0.15) is 6.42 Å². The Morgan fingerprint density at radius 1 is 1.24 bits per heavy atom. The van der Waals surface area contributed by atoms with E-state index in [9.17, 15) is 14.9 Å². The fourth-order valence-corrected chi connectivity index (χ4v) is 2.79. The fraction of sp³-hybridized carbons (Fsp3) is 0.188. The number of hydrogen-bond acceptors (Lipinski definition) is 3. The molecule has 3 rings (SSSR count). The van der Waals surface area contributed by atoms with E-state index in [0.717, 1.165) is 11.1 Å². The number of anilines is 1. The smallest absolute Gasteiger partial charge is 0.277 e. The van der Waals surface area contributed by atoms with Gasteiger partial charge in [-0.2, -0.15) is 0 Å². The first-order valence-corrected chi connectivity index (χ1v) is 6.71. The number of benzene rings is 2. The second-order valence-corrected chi connectivity index (χ2v) is 5.11. The Bertz CT molecular complexity index is 754. The van der Waals surface area contributed by atoms with Gasteiger partial charge in [0, 0.05) is 30.3 Å². The number of rotatable bonds is 3. The van der Waals surface area contributed by atoms with Crippen LogP contribution in [-0.4, -0.2) is 17.4 Å². The quantitative estimate of drug-likeness (QED) is 0.493. The molecule has 1 amide bonds. The molecular weight excluding hydrogens is 268 g/mol. The lowest BCUT2D eigenvalue weighted by molar-refractivity contribution is -0.383. The van der Waals surface area contributed by atoms with Crippen molar-refractivity contribution >= 4 is 28.1 Å². The number of amides is 1. The van der Waals surface area contributed by atoms with Gasteiger partial charge in [-0.25, -0.2) is 0 Å². The Kier molecular flexibility index (Phi) is 3.17. The standard InChI is InChI=1S/C16H14N2O3/c1-2-11-9-16(19)17(10-11)14-7-8-15(18(20)21)13-6-4-3-5-12(13)14/h2-8,11H,1,9-10H2. The predicted molar refractivity (Wildman–Crippen MR) is 81.3 cm³/mol. The van der Waals surface area contributed by atoms with Gasteiger partial charge in [0.1, 0.15) is 0 Å². The maximum Gasteiger partial charge on any atom is 0.277 e. The minimum absolute atomic E-state index is 0.0268. The number of nitro benzene ring substituents is 1. The number of nitro groups is 1. The van der Waals surface area contributed by atoms with Crippen molar-refractivity contribution in [1.29, 1.82) is 0 Å². The Morgan fingerprint density at radius 2 is 1.95 bits per heavy atom. The van der Waals surface area contributed by atoms with Crippen molar-refractivity contribution in [2.45, 2.75) is 6.42 Å². The number of hydrogen-bond donors (Lipinski definition) is 0. The molecule has 1 aliphatic heterocycles. The average molecular weight is 282 g/mol. The highest BCUT2D eigenvalue weighted by molar-refractivity contribution is 6.07. The maximum atomic E-state index is 12.2. The Hall–Kier alpha value is -2.69. The summed E-state index contributed by atoms with van der Waals surface area (Å²) < 4.78 is 0. The third-order valence-electron chi connectivity index (χ3n) is 3.85. The van der Waals surface area contributed by atoms with E-state index < -0.39 is 4.92 Å². The number of fused-ring (bicyclic) bond motifs is 1. The Morgan fingerprint density at radius 3 is 2.57 bits per heavy atom. The van der Waals surface area contributed by atoms with Crippen LogP contribution in [0.2, 0.25) is 0 Å². The van der Waals surface area contributed by atoms with Gasteiger partial charge in [-0.15, -0.1) is 6.58 Å².